The van der Waals surface area contributed by atoms with Gasteiger partial charge in [0.1, 0.15) is 0 Å². The molecule has 4 rings (SSSR count). The van der Waals surface area contributed by atoms with Crippen molar-refractivity contribution in [1.29, 1.82) is 0 Å². The zero-order valence-corrected chi connectivity index (χ0v) is 16.5. The predicted molar refractivity (Wildman–Crippen MR) is 114 cm³/mol. The lowest BCUT2D eigenvalue weighted by atomic mass is 10.2. The second kappa shape index (κ2) is 8.19. The van der Waals surface area contributed by atoms with Gasteiger partial charge in [0.25, 0.3) is 5.91 Å². The van der Waals surface area contributed by atoms with Gasteiger partial charge in [-0.15, -0.1) is 0 Å². The van der Waals surface area contributed by atoms with Crippen molar-refractivity contribution in [3.63, 3.8) is 0 Å². The van der Waals surface area contributed by atoms with Gasteiger partial charge in [-0.05, 0) is 35.9 Å². The zero-order chi connectivity index (χ0) is 19.3. The Morgan fingerprint density at radius 1 is 1.07 bits per heavy atom. The molecule has 0 spiro atoms. The number of halogens is 1. The molecule has 4 aromatic rings. The van der Waals surface area contributed by atoms with E-state index in [0.29, 0.717) is 5.56 Å². The maximum absolute atomic E-state index is 12.1. The maximum Gasteiger partial charge on any atom is 0.271 e. The predicted octanol–water partition coefficient (Wildman–Crippen LogP) is 4.61. The Labute approximate surface area is 170 Å². The second-order valence-electron chi connectivity index (χ2n) is 6.29. The highest BCUT2D eigenvalue weighted by Crippen LogP contribution is 2.22. The van der Waals surface area contributed by atoms with Crippen molar-refractivity contribution in [2.75, 3.05) is 0 Å². The molecule has 2 aromatic heterocycles. The van der Waals surface area contributed by atoms with Crippen molar-refractivity contribution >= 4 is 39.0 Å². The summed E-state index contributed by atoms with van der Waals surface area (Å²) < 4.78 is 3.25. The lowest BCUT2D eigenvalue weighted by Gasteiger charge is -2.05. The molecular formula is C22H17BrN4O. The van der Waals surface area contributed by atoms with Crippen LogP contribution in [0, 0.1) is 0 Å². The average molecular weight is 433 g/mol. The molecule has 2 aromatic carbocycles. The molecule has 28 heavy (non-hydrogen) atoms. The first-order chi connectivity index (χ1) is 13.7. The minimum absolute atomic E-state index is 0.266. The largest absolute Gasteiger partial charge is 0.342 e. The van der Waals surface area contributed by atoms with Gasteiger partial charge in [0, 0.05) is 51.6 Å². The number of carbonyl (C=O) groups is 1. The van der Waals surface area contributed by atoms with E-state index in [9.17, 15) is 4.79 Å². The molecule has 0 aliphatic rings. The minimum atomic E-state index is -0.266. The third kappa shape index (κ3) is 4.02. The quantitative estimate of drug-likeness (QED) is 0.369. The number of aromatic nitrogens is 2. The smallest absolute Gasteiger partial charge is 0.271 e. The molecule has 1 amide bonds. The number of hydrogen-bond donors (Lipinski definition) is 1. The van der Waals surface area contributed by atoms with Gasteiger partial charge < -0.3 is 4.57 Å². The topological polar surface area (TPSA) is 59.3 Å². The molecule has 0 fully saturated rings. The molecule has 6 heteroatoms. The Balaban J connectivity index is 1.57. The number of hydrazone groups is 1. The first-order valence-corrected chi connectivity index (χ1v) is 9.56. The first-order valence-electron chi connectivity index (χ1n) is 8.76. The minimum Gasteiger partial charge on any atom is -0.342 e. The van der Waals surface area contributed by atoms with Gasteiger partial charge in [-0.3, -0.25) is 9.78 Å². The number of benzene rings is 2. The molecule has 0 saturated heterocycles. The molecular weight excluding hydrogens is 416 g/mol. The van der Waals surface area contributed by atoms with Crippen LogP contribution in [0.4, 0.5) is 0 Å². The van der Waals surface area contributed by atoms with Gasteiger partial charge in [0.05, 0.1) is 6.21 Å². The summed E-state index contributed by atoms with van der Waals surface area (Å²) in [6, 6.07) is 19.7. The van der Waals surface area contributed by atoms with Crippen LogP contribution in [0.3, 0.4) is 0 Å². The Morgan fingerprint density at radius 2 is 1.82 bits per heavy atom. The highest BCUT2D eigenvalue weighted by Gasteiger charge is 2.08. The molecule has 138 valence electrons. The maximum atomic E-state index is 12.1. The fraction of sp³-hybridized carbons (Fsp3) is 0.0455. The summed E-state index contributed by atoms with van der Waals surface area (Å²) in [6.45, 7) is 0.755. The van der Waals surface area contributed by atoms with E-state index in [-0.39, 0.29) is 5.91 Å². The summed E-state index contributed by atoms with van der Waals surface area (Å²) in [6.07, 6.45) is 6.89. The van der Waals surface area contributed by atoms with Gasteiger partial charge in [-0.1, -0.05) is 46.3 Å². The molecule has 1 N–H and O–H groups in total. The van der Waals surface area contributed by atoms with Gasteiger partial charge in [0.15, 0.2) is 0 Å². The number of fused-ring (bicyclic) bond motifs is 1. The highest BCUT2D eigenvalue weighted by molar-refractivity contribution is 9.10. The number of carbonyl (C=O) groups excluding carboxylic acids is 1. The van der Waals surface area contributed by atoms with E-state index in [2.05, 4.69) is 66.5 Å². The summed E-state index contributed by atoms with van der Waals surface area (Å²) in [5, 5.41) is 5.22. The van der Waals surface area contributed by atoms with E-state index in [1.165, 1.54) is 5.56 Å². The zero-order valence-electron chi connectivity index (χ0n) is 14.9. The van der Waals surface area contributed by atoms with E-state index < -0.39 is 0 Å². The standard InChI is InChI=1S/C22H17BrN4O/c23-19-7-5-16(6-8-19)14-27-15-18(20-3-1-2-4-21(20)27)13-25-26-22(28)17-9-11-24-12-10-17/h1-13,15H,14H2,(H,26,28). The summed E-state index contributed by atoms with van der Waals surface area (Å²) in [5.74, 6) is -0.266. The first kappa shape index (κ1) is 18.1. The van der Waals surface area contributed by atoms with Crippen molar-refractivity contribution in [2.45, 2.75) is 6.54 Å². The van der Waals surface area contributed by atoms with Crippen LogP contribution >= 0.6 is 15.9 Å². The van der Waals surface area contributed by atoms with Crippen molar-refractivity contribution in [1.82, 2.24) is 15.0 Å². The molecule has 0 saturated carbocycles. The van der Waals surface area contributed by atoms with Crippen LogP contribution in [0.5, 0.6) is 0 Å². The van der Waals surface area contributed by atoms with Gasteiger partial charge in [0.2, 0.25) is 0 Å². The number of nitrogens with zero attached hydrogens (tertiary/aromatic N) is 3. The second-order valence-corrected chi connectivity index (χ2v) is 7.21. The van der Waals surface area contributed by atoms with Crippen LogP contribution in [0.2, 0.25) is 0 Å². The van der Waals surface area contributed by atoms with Crippen LogP contribution < -0.4 is 5.43 Å². The molecule has 0 radical (unpaired) electrons. The molecule has 0 atom stereocenters. The number of nitrogens with one attached hydrogen (secondary N) is 1. The van der Waals surface area contributed by atoms with Gasteiger partial charge >= 0.3 is 0 Å². The van der Waals surface area contributed by atoms with Gasteiger partial charge in [-0.2, -0.15) is 5.10 Å². The van der Waals surface area contributed by atoms with E-state index in [4.69, 9.17) is 0 Å². The SMILES string of the molecule is O=C(NN=Cc1cn(Cc2ccc(Br)cc2)c2ccccc12)c1ccncc1. The van der Waals surface area contributed by atoms with Crippen molar-refractivity contribution < 1.29 is 4.79 Å². The number of amides is 1. The monoisotopic (exact) mass is 432 g/mol. The van der Waals surface area contributed by atoms with Crippen LogP contribution in [0.15, 0.2) is 88.8 Å². The van der Waals surface area contributed by atoms with E-state index >= 15 is 0 Å². The fourth-order valence-corrected chi connectivity index (χ4v) is 3.29. The number of rotatable bonds is 5. The van der Waals surface area contributed by atoms with Crippen LogP contribution in [-0.4, -0.2) is 21.7 Å². The van der Waals surface area contributed by atoms with Crippen molar-refractivity contribution in [3.05, 3.63) is 100 Å². The van der Waals surface area contributed by atoms with Crippen molar-refractivity contribution in [2.24, 2.45) is 5.10 Å². The molecule has 2 heterocycles. The summed E-state index contributed by atoms with van der Waals surface area (Å²) >= 11 is 3.47. The molecule has 0 unspecified atom stereocenters. The van der Waals surface area contributed by atoms with E-state index in [1.807, 2.05) is 24.3 Å². The lowest BCUT2D eigenvalue weighted by molar-refractivity contribution is 0.0955. The highest BCUT2D eigenvalue weighted by atomic mass is 79.9. The molecule has 0 bridgehead atoms. The molecule has 0 aliphatic carbocycles. The lowest BCUT2D eigenvalue weighted by Crippen LogP contribution is -2.17. The summed E-state index contributed by atoms with van der Waals surface area (Å²) in [5.41, 5.74) is 6.36. The number of hydrogen-bond acceptors (Lipinski definition) is 3. The van der Waals surface area contributed by atoms with Crippen LogP contribution in [-0.2, 0) is 6.54 Å². The number of para-hydroxylation sites is 1. The third-order valence-corrected chi connectivity index (χ3v) is 4.93. The van der Waals surface area contributed by atoms with E-state index in [1.54, 1.807) is 30.7 Å². The normalized spacial score (nSPS) is 11.2. The van der Waals surface area contributed by atoms with E-state index in [0.717, 1.165) is 27.5 Å². The Hall–Kier alpha value is -3.25. The summed E-state index contributed by atoms with van der Waals surface area (Å²) in [7, 11) is 0. The average Bonchev–Trinajstić information content (AvgIpc) is 3.08. The fourth-order valence-electron chi connectivity index (χ4n) is 3.02. The Morgan fingerprint density at radius 3 is 2.61 bits per heavy atom. The third-order valence-electron chi connectivity index (χ3n) is 4.40. The Bertz CT molecular complexity index is 1130. The molecule has 0 aliphatic heterocycles. The van der Waals surface area contributed by atoms with Crippen molar-refractivity contribution in [3.8, 4) is 0 Å². The Kier molecular flexibility index (Phi) is 5.30. The number of pyridine rings is 1. The van der Waals surface area contributed by atoms with Crippen LogP contribution in [0.1, 0.15) is 21.5 Å². The van der Waals surface area contributed by atoms with Crippen LogP contribution in [0.25, 0.3) is 10.9 Å². The summed E-state index contributed by atoms with van der Waals surface area (Å²) in [4.78, 5) is 16.0. The van der Waals surface area contributed by atoms with Gasteiger partial charge in [-0.25, -0.2) is 5.43 Å². The molecule has 5 nitrogen and oxygen atoms in total.